The van der Waals surface area contributed by atoms with Gasteiger partial charge in [-0.1, -0.05) is 53.6 Å². The molecule has 4 aromatic rings. The zero-order chi connectivity index (χ0) is 27.5. The number of rotatable bonds is 7. The van der Waals surface area contributed by atoms with Gasteiger partial charge in [0.15, 0.2) is 17.3 Å². The highest BCUT2D eigenvalue weighted by Crippen LogP contribution is 2.39. The Bertz CT molecular complexity index is 1640. The molecule has 0 spiro atoms. The molecular formula is C30H25ClN4O4. The van der Waals surface area contributed by atoms with Gasteiger partial charge < -0.3 is 14.2 Å². The molecule has 1 aliphatic heterocycles. The number of benzene rings is 3. The number of nitrogens with zero attached hydrogens (tertiary/aromatic N) is 4. The number of fused-ring (bicyclic) bond motifs is 1. The van der Waals surface area contributed by atoms with Crippen LogP contribution in [0, 0.1) is 6.92 Å². The van der Waals surface area contributed by atoms with Crippen molar-refractivity contribution in [2.45, 2.75) is 6.92 Å². The summed E-state index contributed by atoms with van der Waals surface area (Å²) in [4.78, 5) is 22.7. The molecule has 0 N–H and O–H groups in total. The van der Waals surface area contributed by atoms with Crippen LogP contribution in [0.4, 0.5) is 0 Å². The second kappa shape index (κ2) is 11.0. The average Bonchev–Trinajstić information content (AvgIpc) is 3.26. The Kier molecular flexibility index (Phi) is 7.29. The SMILES string of the molecule is COc1cc(/C=C2\N=C(c3ccccc3)N(/N=C/c3cc4cc(C)ccc4nc3Cl)C2=O)cc(OC)c1OC. The van der Waals surface area contributed by atoms with Gasteiger partial charge in [-0.25, -0.2) is 9.98 Å². The van der Waals surface area contributed by atoms with Crippen LogP contribution in [0.25, 0.3) is 17.0 Å². The molecule has 0 unspecified atom stereocenters. The van der Waals surface area contributed by atoms with E-state index in [2.05, 4.69) is 15.1 Å². The van der Waals surface area contributed by atoms with Crippen LogP contribution in [0.1, 0.15) is 22.3 Å². The molecule has 0 saturated carbocycles. The lowest BCUT2D eigenvalue weighted by atomic mass is 10.1. The van der Waals surface area contributed by atoms with Crippen LogP contribution < -0.4 is 14.2 Å². The molecule has 1 aromatic heterocycles. The predicted molar refractivity (Wildman–Crippen MR) is 153 cm³/mol. The van der Waals surface area contributed by atoms with E-state index < -0.39 is 5.91 Å². The summed E-state index contributed by atoms with van der Waals surface area (Å²) in [5, 5.41) is 6.97. The van der Waals surface area contributed by atoms with Gasteiger partial charge in [-0.05, 0) is 48.9 Å². The summed E-state index contributed by atoms with van der Waals surface area (Å²) >= 11 is 6.45. The maximum Gasteiger partial charge on any atom is 0.298 e. The molecule has 0 fully saturated rings. The standard InChI is InChI=1S/C30H25ClN4O4/c1-18-10-11-23-21(12-18)16-22(28(31)33-23)17-32-35-29(20-8-6-5-7-9-20)34-24(30(35)36)13-19-14-25(37-2)27(39-4)26(15-19)38-3/h5-17H,1-4H3/b24-13-,32-17+. The van der Waals surface area contributed by atoms with Crippen LogP contribution in [0.3, 0.4) is 0 Å². The summed E-state index contributed by atoms with van der Waals surface area (Å²) in [7, 11) is 4.60. The monoisotopic (exact) mass is 540 g/mol. The Morgan fingerprint density at radius 3 is 2.31 bits per heavy atom. The van der Waals surface area contributed by atoms with E-state index in [0.29, 0.717) is 34.2 Å². The summed E-state index contributed by atoms with van der Waals surface area (Å²) in [6, 6.07) is 20.7. The number of hydrogen-bond acceptors (Lipinski definition) is 7. The quantitative estimate of drug-likeness (QED) is 0.166. The van der Waals surface area contributed by atoms with Crippen molar-refractivity contribution in [1.29, 1.82) is 0 Å². The van der Waals surface area contributed by atoms with Crippen LogP contribution in [-0.2, 0) is 4.79 Å². The minimum absolute atomic E-state index is 0.193. The van der Waals surface area contributed by atoms with Gasteiger partial charge in [0.05, 0.1) is 33.1 Å². The predicted octanol–water partition coefficient (Wildman–Crippen LogP) is 5.89. The number of amidine groups is 1. The molecule has 1 amide bonds. The number of aliphatic imine (C=N–C) groups is 1. The van der Waals surface area contributed by atoms with E-state index in [1.165, 1.54) is 32.6 Å². The van der Waals surface area contributed by atoms with Crippen molar-refractivity contribution in [3.63, 3.8) is 0 Å². The van der Waals surface area contributed by atoms with Crippen molar-refractivity contribution in [1.82, 2.24) is 9.99 Å². The number of halogens is 1. The van der Waals surface area contributed by atoms with Gasteiger partial charge in [-0.2, -0.15) is 10.1 Å². The molecule has 2 heterocycles. The molecule has 0 aliphatic carbocycles. The van der Waals surface area contributed by atoms with Crippen molar-refractivity contribution in [3.05, 3.63) is 99.8 Å². The molecule has 5 rings (SSSR count). The summed E-state index contributed by atoms with van der Waals surface area (Å²) in [5.41, 5.74) is 4.03. The van der Waals surface area contributed by atoms with Gasteiger partial charge in [0.1, 0.15) is 10.9 Å². The number of pyridine rings is 1. The highest BCUT2D eigenvalue weighted by atomic mass is 35.5. The molecule has 1 aliphatic rings. The Morgan fingerprint density at radius 1 is 0.923 bits per heavy atom. The topological polar surface area (TPSA) is 85.6 Å². The molecular weight excluding hydrogens is 516 g/mol. The first-order valence-corrected chi connectivity index (χ1v) is 12.4. The molecule has 196 valence electrons. The fourth-order valence-corrected chi connectivity index (χ4v) is 4.43. The van der Waals surface area contributed by atoms with Crippen LogP contribution in [0.5, 0.6) is 17.2 Å². The van der Waals surface area contributed by atoms with Gasteiger partial charge in [0, 0.05) is 16.5 Å². The summed E-state index contributed by atoms with van der Waals surface area (Å²) in [5.74, 6) is 1.36. The summed E-state index contributed by atoms with van der Waals surface area (Å²) in [6.45, 7) is 2.01. The van der Waals surface area contributed by atoms with Crippen molar-refractivity contribution in [2.75, 3.05) is 21.3 Å². The number of carbonyl (C=O) groups is 1. The number of carbonyl (C=O) groups excluding carboxylic acids is 1. The first kappa shape index (κ1) is 25.9. The molecule has 0 bridgehead atoms. The summed E-state index contributed by atoms with van der Waals surface area (Å²) in [6.07, 6.45) is 3.18. The Hall–Kier alpha value is -4.69. The third kappa shape index (κ3) is 5.19. The number of ether oxygens (including phenoxy) is 3. The Morgan fingerprint density at radius 2 is 1.64 bits per heavy atom. The van der Waals surface area contributed by atoms with E-state index in [1.54, 1.807) is 18.2 Å². The molecule has 39 heavy (non-hydrogen) atoms. The molecule has 8 nitrogen and oxygen atoms in total. The highest BCUT2D eigenvalue weighted by molar-refractivity contribution is 6.32. The van der Waals surface area contributed by atoms with Crippen molar-refractivity contribution < 1.29 is 19.0 Å². The van der Waals surface area contributed by atoms with Gasteiger partial charge in [0.25, 0.3) is 5.91 Å². The minimum Gasteiger partial charge on any atom is -0.493 e. The van der Waals surface area contributed by atoms with Crippen LogP contribution in [-0.4, -0.2) is 49.3 Å². The van der Waals surface area contributed by atoms with Gasteiger partial charge >= 0.3 is 0 Å². The number of amides is 1. The Labute approximate surface area is 230 Å². The largest absolute Gasteiger partial charge is 0.493 e. The fourth-order valence-electron chi connectivity index (χ4n) is 4.23. The second-order valence-corrected chi connectivity index (χ2v) is 9.07. The first-order valence-electron chi connectivity index (χ1n) is 12.0. The number of hydrogen-bond donors (Lipinski definition) is 0. The first-order chi connectivity index (χ1) is 18.9. The smallest absolute Gasteiger partial charge is 0.298 e. The lowest BCUT2D eigenvalue weighted by Crippen LogP contribution is -2.27. The van der Waals surface area contributed by atoms with Crippen LogP contribution >= 0.6 is 11.6 Å². The zero-order valence-corrected chi connectivity index (χ0v) is 22.6. The normalized spacial score (nSPS) is 14.4. The fraction of sp³-hybridized carbons (Fsp3) is 0.133. The second-order valence-electron chi connectivity index (χ2n) is 8.72. The van der Waals surface area contributed by atoms with Crippen molar-refractivity contribution in [3.8, 4) is 17.2 Å². The number of hydrazone groups is 1. The third-order valence-corrected chi connectivity index (χ3v) is 6.43. The molecule has 0 atom stereocenters. The van der Waals surface area contributed by atoms with E-state index in [0.717, 1.165) is 22.0 Å². The molecule has 0 radical (unpaired) electrons. The number of methoxy groups -OCH3 is 3. The zero-order valence-electron chi connectivity index (χ0n) is 21.8. The summed E-state index contributed by atoms with van der Waals surface area (Å²) < 4.78 is 16.3. The third-order valence-electron chi connectivity index (χ3n) is 6.12. The van der Waals surface area contributed by atoms with Gasteiger partial charge in [-0.15, -0.1) is 0 Å². The van der Waals surface area contributed by atoms with E-state index in [4.69, 9.17) is 25.8 Å². The minimum atomic E-state index is -0.403. The van der Waals surface area contributed by atoms with Crippen molar-refractivity contribution in [2.24, 2.45) is 10.1 Å². The maximum atomic E-state index is 13.6. The van der Waals surface area contributed by atoms with Crippen LogP contribution in [0.15, 0.2) is 82.5 Å². The molecule has 3 aromatic carbocycles. The van der Waals surface area contributed by atoms with E-state index >= 15 is 0 Å². The van der Waals surface area contributed by atoms with E-state index in [1.807, 2.05) is 61.5 Å². The molecule has 0 saturated heterocycles. The number of aromatic nitrogens is 1. The Balaban J connectivity index is 1.56. The lowest BCUT2D eigenvalue weighted by molar-refractivity contribution is -0.122. The number of aryl methyl sites for hydroxylation is 1. The maximum absolute atomic E-state index is 13.6. The van der Waals surface area contributed by atoms with Crippen LogP contribution in [0.2, 0.25) is 5.15 Å². The van der Waals surface area contributed by atoms with Crippen molar-refractivity contribution >= 4 is 46.5 Å². The highest BCUT2D eigenvalue weighted by Gasteiger charge is 2.31. The van der Waals surface area contributed by atoms with Gasteiger partial charge in [0.2, 0.25) is 5.75 Å². The van der Waals surface area contributed by atoms with E-state index in [9.17, 15) is 4.79 Å². The lowest BCUT2D eigenvalue weighted by Gasteiger charge is -2.13. The van der Waals surface area contributed by atoms with E-state index in [-0.39, 0.29) is 10.9 Å². The molecule has 9 heteroatoms. The van der Waals surface area contributed by atoms with Gasteiger partial charge in [-0.3, -0.25) is 4.79 Å². The average molecular weight is 541 g/mol.